The Hall–Kier alpha value is -1.95. The predicted octanol–water partition coefficient (Wildman–Crippen LogP) is 3.59. The van der Waals surface area contributed by atoms with E-state index < -0.39 is 4.92 Å². The number of anilines is 1. The highest BCUT2D eigenvalue weighted by atomic mass is 32.1. The summed E-state index contributed by atoms with van der Waals surface area (Å²) in [6.45, 7) is 6.51. The second-order valence-corrected chi connectivity index (χ2v) is 5.70. The molecule has 0 saturated carbocycles. The van der Waals surface area contributed by atoms with Crippen LogP contribution in [0.5, 0.6) is 0 Å². The van der Waals surface area contributed by atoms with Crippen molar-refractivity contribution in [2.75, 3.05) is 5.32 Å². The van der Waals surface area contributed by atoms with Crippen LogP contribution in [0.3, 0.4) is 0 Å². The van der Waals surface area contributed by atoms with Crippen molar-refractivity contribution in [1.82, 2.24) is 4.98 Å². The standard InChI is InChI=1S/C13H15N3O2S/c1-8-6-11(19-10(8)3)7-14-13-5-4-12(16(17)18)9(2)15-13/h4-6H,7H2,1-3H3,(H,14,15). The third-order valence-electron chi connectivity index (χ3n) is 2.92. The molecule has 5 nitrogen and oxygen atoms in total. The normalized spacial score (nSPS) is 10.5. The van der Waals surface area contributed by atoms with Crippen LogP contribution < -0.4 is 5.32 Å². The Kier molecular flexibility index (Phi) is 3.80. The molecule has 2 rings (SSSR count). The number of hydrogen-bond acceptors (Lipinski definition) is 5. The summed E-state index contributed by atoms with van der Waals surface area (Å²) in [7, 11) is 0. The first kappa shape index (κ1) is 13.5. The molecule has 0 aliphatic heterocycles. The smallest absolute Gasteiger partial charge is 0.290 e. The third-order valence-corrected chi connectivity index (χ3v) is 4.07. The molecule has 6 heteroatoms. The van der Waals surface area contributed by atoms with Gasteiger partial charge in [0.15, 0.2) is 0 Å². The van der Waals surface area contributed by atoms with Gasteiger partial charge in [0.05, 0.1) is 11.5 Å². The van der Waals surface area contributed by atoms with Gasteiger partial charge in [-0.3, -0.25) is 10.1 Å². The predicted molar refractivity (Wildman–Crippen MR) is 76.7 cm³/mol. The van der Waals surface area contributed by atoms with Gasteiger partial charge in [-0.05, 0) is 38.5 Å². The monoisotopic (exact) mass is 277 g/mol. The summed E-state index contributed by atoms with van der Waals surface area (Å²) < 4.78 is 0. The summed E-state index contributed by atoms with van der Waals surface area (Å²) in [5.74, 6) is 0.659. The Balaban J connectivity index is 2.08. The Labute approximate surface area is 115 Å². The minimum atomic E-state index is -0.419. The number of nitrogens with one attached hydrogen (secondary N) is 1. The minimum absolute atomic E-state index is 0.0494. The number of aromatic nitrogens is 1. The molecular formula is C13H15N3O2S. The average molecular weight is 277 g/mol. The lowest BCUT2D eigenvalue weighted by Crippen LogP contribution is -2.02. The van der Waals surface area contributed by atoms with E-state index in [2.05, 4.69) is 30.2 Å². The summed E-state index contributed by atoms with van der Waals surface area (Å²) in [5, 5.41) is 13.9. The molecular weight excluding hydrogens is 262 g/mol. The van der Waals surface area contributed by atoms with Crippen LogP contribution in [-0.4, -0.2) is 9.91 Å². The van der Waals surface area contributed by atoms with Gasteiger partial charge in [0.2, 0.25) is 0 Å². The van der Waals surface area contributed by atoms with Crippen LogP contribution in [0.4, 0.5) is 11.5 Å². The Bertz CT molecular complexity index is 603. The van der Waals surface area contributed by atoms with Crippen molar-refractivity contribution in [2.24, 2.45) is 0 Å². The zero-order valence-electron chi connectivity index (χ0n) is 11.1. The summed E-state index contributed by atoms with van der Waals surface area (Å²) in [6, 6.07) is 5.26. The zero-order valence-corrected chi connectivity index (χ0v) is 11.9. The Morgan fingerprint density at radius 3 is 2.63 bits per heavy atom. The van der Waals surface area contributed by atoms with Gasteiger partial charge in [-0.2, -0.15) is 0 Å². The molecule has 19 heavy (non-hydrogen) atoms. The first-order chi connectivity index (χ1) is 8.97. The molecule has 2 aromatic rings. The van der Waals surface area contributed by atoms with Crippen LogP contribution in [0, 0.1) is 30.9 Å². The van der Waals surface area contributed by atoms with Crippen molar-refractivity contribution < 1.29 is 4.92 Å². The lowest BCUT2D eigenvalue weighted by molar-refractivity contribution is -0.385. The van der Waals surface area contributed by atoms with Gasteiger partial charge in [0.1, 0.15) is 11.5 Å². The highest BCUT2D eigenvalue weighted by Crippen LogP contribution is 2.22. The Morgan fingerprint density at radius 1 is 1.37 bits per heavy atom. The van der Waals surface area contributed by atoms with E-state index in [0.29, 0.717) is 18.1 Å². The maximum absolute atomic E-state index is 10.7. The molecule has 0 fully saturated rings. The molecule has 0 spiro atoms. The van der Waals surface area contributed by atoms with Crippen molar-refractivity contribution in [1.29, 1.82) is 0 Å². The molecule has 0 saturated heterocycles. The van der Waals surface area contributed by atoms with E-state index in [1.165, 1.54) is 21.4 Å². The van der Waals surface area contributed by atoms with Crippen LogP contribution in [-0.2, 0) is 6.54 Å². The van der Waals surface area contributed by atoms with E-state index in [-0.39, 0.29) is 5.69 Å². The topological polar surface area (TPSA) is 68.1 Å². The maximum atomic E-state index is 10.7. The van der Waals surface area contributed by atoms with Crippen LogP contribution >= 0.6 is 11.3 Å². The highest BCUT2D eigenvalue weighted by molar-refractivity contribution is 7.12. The molecule has 1 N–H and O–H groups in total. The van der Waals surface area contributed by atoms with Crippen LogP contribution in [0.2, 0.25) is 0 Å². The fourth-order valence-corrected chi connectivity index (χ4v) is 2.75. The second-order valence-electron chi connectivity index (χ2n) is 4.36. The third kappa shape index (κ3) is 3.08. The Morgan fingerprint density at radius 2 is 2.11 bits per heavy atom. The van der Waals surface area contributed by atoms with Gasteiger partial charge in [-0.15, -0.1) is 11.3 Å². The molecule has 0 aliphatic carbocycles. The summed E-state index contributed by atoms with van der Waals surface area (Å²) >= 11 is 1.75. The van der Waals surface area contributed by atoms with Gasteiger partial charge < -0.3 is 5.32 Å². The maximum Gasteiger partial charge on any atom is 0.290 e. The van der Waals surface area contributed by atoms with Gasteiger partial charge in [0.25, 0.3) is 5.69 Å². The van der Waals surface area contributed by atoms with Gasteiger partial charge >= 0.3 is 0 Å². The van der Waals surface area contributed by atoms with Gasteiger partial charge in [-0.1, -0.05) is 0 Å². The van der Waals surface area contributed by atoms with E-state index in [1.807, 2.05) is 0 Å². The van der Waals surface area contributed by atoms with Crippen molar-refractivity contribution in [3.05, 3.63) is 49.3 Å². The molecule has 0 unspecified atom stereocenters. The largest absolute Gasteiger partial charge is 0.365 e. The van der Waals surface area contributed by atoms with Crippen molar-refractivity contribution in [3.63, 3.8) is 0 Å². The van der Waals surface area contributed by atoms with Gasteiger partial charge in [0, 0.05) is 15.8 Å². The van der Waals surface area contributed by atoms with Crippen molar-refractivity contribution in [2.45, 2.75) is 27.3 Å². The van der Waals surface area contributed by atoms with Gasteiger partial charge in [-0.25, -0.2) is 4.98 Å². The molecule has 0 atom stereocenters. The molecule has 2 aromatic heterocycles. The quantitative estimate of drug-likeness (QED) is 0.685. The first-order valence-electron chi connectivity index (χ1n) is 5.89. The summed E-state index contributed by atoms with van der Waals surface area (Å²) in [4.78, 5) is 17.0. The fourth-order valence-electron chi connectivity index (χ4n) is 1.76. The second kappa shape index (κ2) is 5.36. The van der Waals surface area contributed by atoms with E-state index in [0.717, 1.165) is 0 Å². The molecule has 0 amide bonds. The molecule has 2 heterocycles. The van der Waals surface area contributed by atoms with Crippen LogP contribution in [0.15, 0.2) is 18.2 Å². The molecule has 0 radical (unpaired) electrons. The first-order valence-corrected chi connectivity index (χ1v) is 6.71. The van der Waals surface area contributed by atoms with Crippen LogP contribution in [0.25, 0.3) is 0 Å². The number of aryl methyl sites for hydroxylation is 3. The van der Waals surface area contributed by atoms with Crippen molar-refractivity contribution >= 4 is 22.8 Å². The summed E-state index contributed by atoms with van der Waals surface area (Å²) in [6.07, 6.45) is 0. The number of thiophene rings is 1. The number of hydrogen-bond donors (Lipinski definition) is 1. The number of nitro groups is 1. The van der Waals surface area contributed by atoms with E-state index in [4.69, 9.17) is 0 Å². The SMILES string of the molecule is Cc1cc(CNc2ccc([N+](=O)[O-])c(C)n2)sc1C. The molecule has 0 aliphatic rings. The minimum Gasteiger partial charge on any atom is -0.365 e. The number of pyridine rings is 1. The zero-order chi connectivity index (χ0) is 14.0. The highest BCUT2D eigenvalue weighted by Gasteiger charge is 2.11. The number of rotatable bonds is 4. The molecule has 0 aromatic carbocycles. The average Bonchev–Trinajstić information content (AvgIpc) is 2.66. The molecule has 100 valence electrons. The number of nitrogens with zero attached hydrogens (tertiary/aromatic N) is 2. The lowest BCUT2D eigenvalue weighted by Gasteiger charge is -2.05. The van der Waals surface area contributed by atoms with Crippen molar-refractivity contribution in [3.8, 4) is 0 Å². The van der Waals surface area contributed by atoms with E-state index in [9.17, 15) is 10.1 Å². The van der Waals surface area contributed by atoms with Crippen LogP contribution in [0.1, 0.15) is 21.0 Å². The lowest BCUT2D eigenvalue weighted by atomic mass is 10.3. The van der Waals surface area contributed by atoms with E-state index >= 15 is 0 Å². The van der Waals surface area contributed by atoms with E-state index in [1.54, 1.807) is 24.3 Å². The fraction of sp³-hybridized carbons (Fsp3) is 0.308. The molecule has 0 bridgehead atoms. The summed E-state index contributed by atoms with van der Waals surface area (Å²) in [5.41, 5.74) is 1.76.